The Labute approximate surface area is 267 Å². The second-order valence-electron chi connectivity index (χ2n) is 13.2. The summed E-state index contributed by atoms with van der Waals surface area (Å²) in [5.74, 6) is 1.26. The lowest BCUT2D eigenvalue weighted by molar-refractivity contribution is -0.138. The monoisotopic (exact) mass is 628 g/mol. The molecule has 236 valence electrons. The number of allylic oxidation sites excluding steroid dienone is 1. The number of thiazole rings is 1. The molecule has 1 amide bonds. The van der Waals surface area contributed by atoms with Crippen molar-refractivity contribution in [3.8, 4) is 22.2 Å². The molecule has 2 aromatic heterocycles. The number of carbonyl (C=O) groups excluding carboxylic acids is 2. The van der Waals surface area contributed by atoms with Gasteiger partial charge in [-0.05, 0) is 63.5 Å². The molecule has 1 unspecified atom stereocenters. The van der Waals surface area contributed by atoms with Gasteiger partial charge in [-0.25, -0.2) is 19.8 Å². The SMILES string of the molecule is COc1ccc2c(O[C@@H]3CC4C5=N[C@@]6(C[C@H]6/C=C\CCCCN(C)C(=O)[C@@H]4C3)C(=O)O5)cc(-c3nc(C(C)C)cs3)nc2c1C. The first kappa shape index (κ1) is 29.9. The molecule has 3 aromatic rings. The molecule has 4 aliphatic rings. The van der Waals surface area contributed by atoms with Crippen LogP contribution in [0.15, 0.2) is 40.7 Å². The van der Waals surface area contributed by atoms with E-state index in [1.807, 2.05) is 37.1 Å². The highest BCUT2D eigenvalue weighted by atomic mass is 32.1. The molecule has 1 aromatic carbocycles. The Kier molecular flexibility index (Phi) is 7.66. The third-order valence-electron chi connectivity index (χ3n) is 9.85. The van der Waals surface area contributed by atoms with E-state index in [0.717, 1.165) is 57.9 Å². The summed E-state index contributed by atoms with van der Waals surface area (Å²) in [6, 6.07) is 5.88. The molecule has 10 heteroatoms. The minimum atomic E-state index is -0.816. The van der Waals surface area contributed by atoms with Crippen LogP contribution >= 0.6 is 11.3 Å². The van der Waals surface area contributed by atoms with Gasteiger partial charge in [0.25, 0.3) is 0 Å². The molecule has 2 aliphatic carbocycles. The van der Waals surface area contributed by atoms with E-state index in [9.17, 15) is 9.59 Å². The van der Waals surface area contributed by atoms with Gasteiger partial charge in [-0.1, -0.05) is 26.0 Å². The van der Waals surface area contributed by atoms with Gasteiger partial charge in [0, 0.05) is 41.9 Å². The number of hydrogen-bond acceptors (Lipinski definition) is 9. The second kappa shape index (κ2) is 11.5. The molecule has 2 bridgehead atoms. The van der Waals surface area contributed by atoms with Crippen molar-refractivity contribution in [1.82, 2.24) is 14.9 Å². The zero-order chi connectivity index (χ0) is 31.5. The summed E-state index contributed by atoms with van der Waals surface area (Å²) >= 11 is 1.57. The maximum absolute atomic E-state index is 13.9. The molecule has 4 heterocycles. The average Bonchev–Trinajstić information content (AvgIpc) is 3.35. The molecule has 2 saturated carbocycles. The number of hydrogen-bond donors (Lipinski definition) is 0. The number of pyridine rings is 1. The van der Waals surface area contributed by atoms with Crippen molar-refractivity contribution in [3.63, 3.8) is 0 Å². The first-order valence-electron chi connectivity index (χ1n) is 16.0. The highest BCUT2D eigenvalue weighted by Crippen LogP contribution is 2.53. The Morgan fingerprint density at radius 2 is 1.93 bits per heavy atom. The van der Waals surface area contributed by atoms with Crippen LogP contribution in [0, 0.1) is 24.7 Å². The quantitative estimate of drug-likeness (QED) is 0.235. The fourth-order valence-electron chi connectivity index (χ4n) is 7.03. The number of aromatic nitrogens is 2. The summed E-state index contributed by atoms with van der Waals surface area (Å²) in [5, 5.41) is 3.78. The maximum Gasteiger partial charge on any atom is 0.341 e. The largest absolute Gasteiger partial charge is 0.496 e. The van der Waals surface area contributed by atoms with Gasteiger partial charge in [0.1, 0.15) is 28.3 Å². The lowest BCUT2D eigenvalue weighted by Gasteiger charge is -2.24. The van der Waals surface area contributed by atoms with Crippen LogP contribution in [0.5, 0.6) is 11.5 Å². The van der Waals surface area contributed by atoms with Gasteiger partial charge in [0.05, 0.1) is 30.2 Å². The van der Waals surface area contributed by atoms with Crippen molar-refractivity contribution in [3.05, 3.63) is 47.0 Å². The molecule has 45 heavy (non-hydrogen) atoms. The molecule has 1 spiro atoms. The van der Waals surface area contributed by atoms with Crippen LogP contribution in [-0.2, 0) is 14.3 Å². The van der Waals surface area contributed by atoms with Crippen molar-refractivity contribution < 1.29 is 23.8 Å². The number of esters is 1. The lowest BCUT2D eigenvalue weighted by atomic mass is 9.94. The zero-order valence-corrected chi connectivity index (χ0v) is 27.4. The second-order valence-corrected chi connectivity index (χ2v) is 14.1. The molecule has 7 rings (SSSR count). The number of ether oxygens (including phenoxy) is 3. The summed E-state index contributed by atoms with van der Waals surface area (Å²) in [6.07, 6.45) is 8.53. The Morgan fingerprint density at radius 1 is 1.11 bits per heavy atom. The standard InChI is InChI=1S/C35H40N4O5S/c1-19(2)27-18-45-32(37-27)26-16-29(23-11-12-28(42-5)20(3)30(23)36-26)43-22-14-24-25(15-22)33(40)39(4)13-9-7-6-8-10-21-17-35(21)34(41)44-31(24)38-35/h8,10-12,16,18-19,21-22,24-25H,6-7,9,13-15,17H2,1-5H3/b10-8-/t21-,22-,24?,25-,35-/m1/s1. The van der Waals surface area contributed by atoms with Crippen LogP contribution in [0.25, 0.3) is 21.6 Å². The zero-order valence-electron chi connectivity index (χ0n) is 26.5. The number of carbonyl (C=O) groups is 2. The van der Waals surface area contributed by atoms with Gasteiger partial charge in [0.15, 0.2) is 11.4 Å². The van der Waals surface area contributed by atoms with Crippen molar-refractivity contribution >= 4 is 40.0 Å². The Balaban J connectivity index is 1.25. The number of fused-ring (bicyclic) bond motifs is 3. The van der Waals surface area contributed by atoms with Crippen LogP contribution in [0.3, 0.4) is 0 Å². The Bertz CT molecular complexity index is 1730. The van der Waals surface area contributed by atoms with Gasteiger partial charge in [-0.15, -0.1) is 11.3 Å². The van der Waals surface area contributed by atoms with Crippen molar-refractivity contribution in [2.45, 2.75) is 76.9 Å². The minimum Gasteiger partial charge on any atom is -0.496 e. The first-order chi connectivity index (χ1) is 21.7. The highest BCUT2D eigenvalue weighted by Gasteiger charge is 2.65. The third-order valence-corrected chi connectivity index (χ3v) is 10.7. The predicted molar refractivity (Wildman–Crippen MR) is 174 cm³/mol. The smallest absolute Gasteiger partial charge is 0.341 e. The molecule has 2 fully saturated rings. The number of nitrogens with zero attached hydrogens (tertiary/aromatic N) is 4. The molecular weight excluding hydrogens is 588 g/mol. The van der Waals surface area contributed by atoms with E-state index in [1.54, 1.807) is 18.4 Å². The summed E-state index contributed by atoms with van der Waals surface area (Å²) in [4.78, 5) is 43.6. The Hall–Kier alpha value is -3.79. The van der Waals surface area contributed by atoms with Gasteiger partial charge in [-0.3, -0.25) is 4.79 Å². The molecule has 9 nitrogen and oxygen atoms in total. The summed E-state index contributed by atoms with van der Waals surface area (Å²) in [7, 11) is 3.53. The molecule has 2 aliphatic heterocycles. The summed E-state index contributed by atoms with van der Waals surface area (Å²) in [6.45, 7) is 6.94. The number of benzene rings is 1. The van der Waals surface area contributed by atoms with E-state index in [4.69, 9.17) is 29.2 Å². The van der Waals surface area contributed by atoms with E-state index in [1.165, 1.54) is 0 Å². The van der Waals surface area contributed by atoms with Crippen molar-refractivity contribution in [1.29, 1.82) is 0 Å². The number of rotatable bonds is 5. The van der Waals surface area contributed by atoms with Gasteiger partial charge in [0.2, 0.25) is 5.91 Å². The Morgan fingerprint density at radius 3 is 2.71 bits per heavy atom. The highest BCUT2D eigenvalue weighted by molar-refractivity contribution is 7.13. The molecular formula is C35H40N4O5S. The predicted octanol–water partition coefficient (Wildman–Crippen LogP) is 6.48. The van der Waals surface area contributed by atoms with Crippen LogP contribution < -0.4 is 9.47 Å². The average molecular weight is 629 g/mol. The third kappa shape index (κ3) is 5.30. The van der Waals surface area contributed by atoms with E-state index >= 15 is 0 Å². The molecule has 0 radical (unpaired) electrons. The van der Waals surface area contributed by atoms with E-state index in [-0.39, 0.29) is 35.7 Å². The fraction of sp³-hybridized carbons (Fsp3) is 0.514. The number of aliphatic imine (C=N–C) groups is 1. The summed E-state index contributed by atoms with van der Waals surface area (Å²) < 4.78 is 18.3. The maximum atomic E-state index is 13.9. The first-order valence-corrected chi connectivity index (χ1v) is 16.9. The van der Waals surface area contributed by atoms with E-state index in [0.29, 0.717) is 43.4 Å². The number of amides is 1. The van der Waals surface area contributed by atoms with Crippen molar-refractivity contribution in [2.75, 3.05) is 20.7 Å². The van der Waals surface area contributed by atoms with Crippen molar-refractivity contribution in [2.24, 2.45) is 22.7 Å². The molecule has 0 N–H and O–H groups in total. The van der Waals surface area contributed by atoms with Gasteiger partial charge < -0.3 is 19.1 Å². The number of aryl methyl sites for hydroxylation is 1. The van der Waals surface area contributed by atoms with Gasteiger partial charge in [-0.2, -0.15) is 0 Å². The molecule has 5 atom stereocenters. The fourth-order valence-corrected chi connectivity index (χ4v) is 7.97. The van der Waals surface area contributed by atoms with E-state index < -0.39 is 5.54 Å². The molecule has 0 saturated heterocycles. The van der Waals surface area contributed by atoms with Gasteiger partial charge >= 0.3 is 5.97 Å². The lowest BCUT2D eigenvalue weighted by Crippen LogP contribution is -2.37. The normalized spacial score (nSPS) is 28.8. The topological polar surface area (TPSA) is 103 Å². The minimum absolute atomic E-state index is 0.0515. The van der Waals surface area contributed by atoms with E-state index in [2.05, 4.69) is 31.4 Å². The van der Waals surface area contributed by atoms with Crippen LogP contribution in [0.1, 0.15) is 69.5 Å². The number of methoxy groups -OCH3 is 1. The summed E-state index contributed by atoms with van der Waals surface area (Å²) in [5.41, 5.74) is 2.66. The van der Waals surface area contributed by atoms with Crippen LogP contribution in [0.2, 0.25) is 0 Å². The van der Waals surface area contributed by atoms with Crippen LogP contribution in [-0.4, -0.2) is 65.0 Å². The van der Waals surface area contributed by atoms with Crippen LogP contribution in [0.4, 0.5) is 0 Å².